The molecule has 0 aliphatic carbocycles. The number of halogens is 7. The van der Waals surface area contributed by atoms with Crippen molar-refractivity contribution in [3.63, 3.8) is 0 Å². The van der Waals surface area contributed by atoms with Gasteiger partial charge in [0.2, 0.25) is 0 Å². The number of esters is 2. The van der Waals surface area contributed by atoms with Gasteiger partial charge in [0.15, 0.2) is 34.1 Å². The van der Waals surface area contributed by atoms with Crippen LogP contribution in [0.3, 0.4) is 0 Å². The molecule has 0 unspecified atom stereocenters. The normalized spacial score (nSPS) is 14.0. The van der Waals surface area contributed by atoms with Crippen LogP contribution in [0.1, 0.15) is 65.5 Å². The van der Waals surface area contributed by atoms with E-state index in [1.807, 2.05) is 4.90 Å². The first-order valence-corrected chi connectivity index (χ1v) is 13.7. The molecule has 18 heteroatoms. The highest BCUT2D eigenvalue weighted by Gasteiger charge is 2.37. The van der Waals surface area contributed by atoms with E-state index in [0.29, 0.717) is 22.1 Å². The van der Waals surface area contributed by atoms with Crippen LogP contribution in [0.2, 0.25) is 0 Å². The van der Waals surface area contributed by atoms with Crippen LogP contribution in [0.4, 0.5) is 32.2 Å². The standard InChI is InChI=1S/C15H17F3N4O2.C10H7BrF3N3O2/c1-2-24-14(23)10-8-13-19-12(21-6-4-3-5-7-21)9-11(15(16,17)18)22(13)20-10;1-2-19-9(18)5-3-8-15-7(11)4-6(10(12,13)14)17(8)16-5/h8-9H,2-7H2,1H3;3-4H,2H2,1H3. The van der Waals surface area contributed by atoms with Crippen LogP contribution in [-0.2, 0) is 21.8 Å². The summed E-state index contributed by atoms with van der Waals surface area (Å²) >= 11 is 2.88. The van der Waals surface area contributed by atoms with E-state index in [4.69, 9.17) is 4.74 Å². The SMILES string of the molecule is CCOC(=O)c1cc2nc(Br)cc(C(F)(F)F)n2n1.CCOC(=O)c1cc2nc(N3CCCCC3)cc(C(F)(F)F)n2n1. The first-order chi connectivity index (χ1) is 20.2. The number of piperidine rings is 1. The summed E-state index contributed by atoms with van der Waals surface area (Å²) in [4.78, 5) is 33.1. The number of alkyl halides is 6. The van der Waals surface area contributed by atoms with E-state index in [2.05, 4.69) is 40.8 Å². The van der Waals surface area contributed by atoms with E-state index in [9.17, 15) is 35.9 Å². The summed E-state index contributed by atoms with van der Waals surface area (Å²) in [6.45, 7) is 4.76. The number of carbonyl (C=O) groups excluding carboxylic acids is 2. The number of rotatable bonds is 5. The van der Waals surface area contributed by atoms with Gasteiger partial charge in [0, 0.05) is 37.4 Å². The van der Waals surface area contributed by atoms with Crippen LogP contribution in [-0.4, -0.2) is 67.4 Å². The molecule has 4 aromatic heterocycles. The number of hydrogen-bond acceptors (Lipinski definition) is 9. The maximum Gasteiger partial charge on any atom is 0.433 e. The molecule has 0 bridgehead atoms. The molecular weight excluding hydrogens is 656 g/mol. The molecule has 43 heavy (non-hydrogen) atoms. The van der Waals surface area contributed by atoms with E-state index >= 15 is 0 Å². The third-order valence-corrected chi connectivity index (χ3v) is 6.45. The minimum Gasteiger partial charge on any atom is -0.461 e. The van der Waals surface area contributed by atoms with Gasteiger partial charge in [-0.25, -0.2) is 28.6 Å². The highest BCUT2D eigenvalue weighted by atomic mass is 79.9. The summed E-state index contributed by atoms with van der Waals surface area (Å²) in [5.74, 6) is -1.31. The van der Waals surface area contributed by atoms with Crippen LogP contribution in [0.5, 0.6) is 0 Å². The van der Waals surface area contributed by atoms with Gasteiger partial charge in [0.05, 0.1) is 13.2 Å². The van der Waals surface area contributed by atoms with Gasteiger partial charge < -0.3 is 14.4 Å². The summed E-state index contributed by atoms with van der Waals surface area (Å²) in [6.07, 6.45) is -6.32. The largest absolute Gasteiger partial charge is 0.461 e. The predicted molar refractivity (Wildman–Crippen MR) is 142 cm³/mol. The first-order valence-electron chi connectivity index (χ1n) is 12.9. The summed E-state index contributed by atoms with van der Waals surface area (Å²) in [7, 11) is 0. The summed E-state index contributed by atoms with van der Waals surface area (Å²) in [6, 6.07) is 4.13. The van der Waals surface area contributed by atoms with Gasteiger partial charge in [-0.3, -0.25) is 0 Å². The van der Waals surface area contributed by atoms with Crippen molar-refractivity contribution in [1.29, 1.82) is 0 Å². The Bertz CT molecular complexity index is 1630. The van der Waals surface area contributed by atoms with Crippen LogP contribution >= 0.6 is 15.9 Å². The zero-order valence-electron chi connectivity index (χ0n) is 22.7. The fourth-order valence-electron chi connectivity index (χ4n) is 4.20. The molecule has 4 aromatic rings. The van der Waals surface area contributed by atoms with E-state index in [0.717, 1.165) is 37.5 Å². The molecule has 1 saturated heterocycles. The molecule has 0 radical (unpaired) electrons. The quantitative estimate of drug-likeness (QED) is 0.151. The Morgan fingerprint density at radius 3 is 1.70 bits per heavy atom. The number of aromatic nitrogens is 6. The Hall–Kier alpha value is -3.96. The second kappa shape index (κ2) is 12.7. The molecule has 1 aliphatic heterocycles. The number of hydrogen-bond donors (Lipinski definition) is 0. The molecule has 0 aromatic carbocycles. The molecule has 11 nitrogen and oxygen atoms in total. The van der Waals surface area contributed by atoms with Crippen molar-refractivity contribution in [3.8, 4) is 0 Å². The molecule has 0 N–H and O–H groups in total. The van der Waals surface area contributed by atoms with Crippen molar-refractivity contribution in [2.24, 2.45) is 0 Å². The molecule has 0 atom stereocenters. The van der Waals surface area contributed by atoms with Crippen molar-refractivity contribution in [3.05, 3.63) is 51.6 Å². The number of fused-ring (bicyclic) bond motifs is 2. The summed E-state index contributed by atoms with van der Waals surface area (Å²) in [5, 5.41) is 7.30. The lowest BCUT2D eigenvalue weighted by molar-refractivity contribution is -0.143. The number of carbonyl (C=O) groups is 2. The molecule has 0 amide bonds. The van der Waals surface area contributed by atoms with Crippen molar-refractivity contribution < 1.29 is 45.4 Å². The topological polar surface area (TPSA) is 116 Å². The van der Waals surface area contributed by atoms with Gasteiger partial charge >= 0.3 is 24.3 Å². The minimum atomic E-state index is -4.61. The number of anilines is 1. The van der Waals surface area contributed by atoms with Crippen LogP contribution in [0.15, 0.2) is 28.9 Å². The number of nitrogens with zero attached hydrogens (tertiary/aromatic N) is 7. The lowest BCUT2D eigenvalue weighted by atomic mass is 10.1. The molecule has 1 aliphatic rings. The zero-order chi connectivity index (χ0) is 31.5. The van der Waals surface area contributed by atoms with Crippen LogP contribution in [0, 0.1) is 0 Å². The molecule has 5 heterocycles. The third kappa shape index (κ3) is 7.34. The lowest BCUT2D eigenvalue weighted by Crippen LogP contribution is -2.31. The van der Waals surface area contributed by atoms with E-state index in [-0.39, 0.29) is 46.3 Å². The Morgan fingerprint density at radius 2 is 1.23 bits per heavy atom. The Morgan fingerprint density at radius 1 is 0.767 bits per heavy atom. The van der Waals surface area contributed by atoms with E-state index in [1.54, 1.807) is 13.8 Å². The second-order valence-electron chi connectivity index (χ2n) is 9.05. The fraction of sp³-hybridized carbons (Fsp3) is 0.440. The number of ether oxygens (including phenoxy) is 2. The average molecular weight is 680 g/mol. The molecule has 232 valence electrons. The summed E-state index contributed by atoms with van der Waals surface area (Å²) in [5.41, 5.74) is -2.51. The van der Waals surface area contributed by atoms with Gasteiger partial charge in [-0.1, -0.05) is 0 Å². The molecule has 5 rings (SSSR count). The molecule has 0 spiro atoms. The van der Waals surface area contributed by atoms with Crippen molar-refractivity contribution >= 4 is 45.0 Å². The first kappa shape index (κ1) is 32.0. The van der Waals surface area contributed by atoms with Gasteiger partial charge in [-0.05, 0) is 49.0 Å². The van der Waals surface area contributed by atoms with Gasteiger partial charge in [0.1, 0.15) is 10.4 Å². The Labute approximate surface area is 247 Å². The lowest BCUT2D eigenvalue weighted by Gasteiger charge is -2.28. The minimum absolute atomic E-state index is 0.00244. The maximum absolute atomic E-state index is 13.4. The monoisotopic (exact) mass is 679 g/mol. The van der Waals surface area contributed by atoms with Crippen LogP contribution in [0.25, 0.3) is 11.3 Å². The van der Waals surface area contributed by atoms with Crippen molar-refractivity contribution in [2.45, 2.75) is 45.5 Å². The third-order valence-electron chi connectivity index (χ3n) is 6.04. The van der Waals surface area contributed by atoms with Crippen molar-refractivity contribution in [2.75, 3.05) is 31.2 Å². The molecule has 0 saturated carbocycles. The van der Waals surface area contributed by atoms with Gasteiger partial charge in [0.25, 0.3) is 0 Å². The Kier molecular flexibility index (Phi) is 9.46. The van der Waals surface area contributed by atoms with Crippen molar-refractivity contribution in [1.82, 2.24) is 29.2 Å². The van der Waals surface area contributed by atoms with Crippen LogP contribution < -0.4 is 4.90 Å². The highest BCUT2D eigenvalue weighted by molar-refractivity contribution is 9.10. The zero-order valence-corrected chi connectivity index (χ0v) is 24.3. The van der Waals surface area contributed by atoms with E-state index in [1.165, 1.54) is 6.07 Å². The predicted octanol–water partition coefficient (Wildman–Crippen LogP) is 5.60. The Balaban J connectivity index is 0.000000203. The second-order valence-corrected chi connectivity index (χ2v) is 9.86. The molecule has 1 fully saturated rings. The maximum atomic E-state index is 13.4. The summed E-state index contributed by atoms with van der Waals surface area (Å²) < 4.78 is 89.4. The smallest absolute Gasteiger partial charge is 0.433 e. The van der Waals surface area contributed by atoms with Gasteiger partial charge in [-0.15, -0.1) is 0 Å². The average Bonchev–Trinajstić information content (AvgIpc) is 3.57. The van der Waals surface area contributed by atoms with E-state index < -0.39 is 35.7 Å². The highest BCUT2D eigenvalue weighted by Crippen LogP contribution is 2.33. The molecular formula is C25H24BrF6N7O4. The van der Waals surface area contributed by atoms with Gasteiger partial charge in [-0.2, -0.15) is 36.5 Å². The fourth-order valence-corrected chi connectivity index (χ4v) is 4.60.